The topological polar surface area (TPSA) is 54.3 Å². The summed E-state index contributed by atoms with van der Waals surface area (Å²) in [5, 5.41) is 4.12. The van der Waals surface area contributed by atoms with Crippen molar-refractivity contribution >= 4 is 28.4 Å². The van der Waals surface area contributed by atoms with Crippen molar-refractivity contribution in [2.24, 2.45) is 0 Å². The molecule has 1 aromatic heterocycles. The fraction of sp³-hybridized carbons (Fsp3) is 0.238. The van der Waals surface area contributed by atoms with Gasteiger partial charge in [-0.05, 0) is 29.1 Å². The van der Waals surface area contributed by atoms with Crippen LogP contribution in [0, 0.1) is 0 Å². The minimum absolute atomic E-state index is 0.0141. The van der Waals surface area contributed by atoms with Gasteiger partial charge in [0.05, 0.1) is 0 Å². The number of anilines is 1. The average molecular weight is 347 g/mol. The second-order valence-corrected chi connectivity index (χ2v) is 6.72. The van der Waals surface area contributed by atoms with Gasteiger partial charge in [0.2, 0.25) is 11.8 Å². The van der Waals surface area contributed by atoms with E-state index in [0.29, 0.717) is 13.0 Å². The number of nitrogens with zero attached hydrogens (tertiary/aromatic N) is 2. The number of carbonyl (C=O) groups is 2. The highest BCUT2D eigenvalue weighted by Gasteiger charge is 2.28. The summed E-state index contributed by atoms with van der Waals surface area (Å²) < 4.78 is 1.94. The van der Waals surface area contributed by atoms with Gasteiger partial charge in [0.1, 0.15) is 6.54 Å². The molecule has 132 valence electrons. The maximum absolute atomic E-state index is 12.4. The lowest BCUT2D eigenvalue weighted by atomic mass is 9.89. The number of nitrogens with one attached hydrogen (secondary N) is 1. The highest BCUT2D eigenvalue weighted by Crippen LogP contribution is 2.34. The Balaban J connectivity index is 1.45. The molecular weight excluding hydrogens is 326 g/mol. The smallest absolute Gasteiger partial charge is 0.239 e. The van der Waals surface area contributed by atoms with Crippen LogP contribution >= 0.6 is 0 Å². The lowest BCUT2D eigenvalue weighted by Gasteiger charge is -2.31. The van der Waals surface area contributed by atoms with Gasteiger partial charge in [-0.3, -0.25) is 9.59 Å². The molecule has 2 amide bonds. The average Bonchev–Trinajstić information content (AvgIpc) is 3.06. The molecule has 0 radical (unpaired) electrons. The van der Waals surface area contributed by atoms with E-state index >= 15 is 0 Å². The Morgan fingerprint density at radius 3 is 2.77 bits per heavy atom. The SMILES string of the molecule is CN1C(=O)C[C@@H](CNC(=O)Cn2ccc3ccccc32)c2ccccc21. The highest BCUT2D eigenvalue weighted by atomic mass is 16.2. The van der Waals surface area contributed by atoms with Gasteiger partial charge in [0, 0.05) is 43.3 Å². The van der Waals surface area contributed by atoms with Gasteiger partial charge in [-0.1, -0.05) is 36.4 Å². The molecule has 0 bridgehead atoms. The Morgan fingerprint density at radius 2 is 1.88 bits per heavy atom. The zero-order chi connectivity index (χ0) is 18.1. The second kappa shape index (κ2) is 6.67. The third-order valence-corrected chi connectivity index (χ3v) is 5.07. The van der Waals surface area contributed by atoms with Crippen LogP contribution in [0.15, 0.2) is 60.8 Å². The van der Waals surface area contributed by atoms with Gasteiger partial charge < -0.3 is 14.8 Å². The zero-order valence-corrected chi connectivity index (χ0v) is 14.7. The molecular formula is C21H21N3O2. The predicted molar refractivity (Wildman–Crippen MR) is 102 cm³/mol. The van der Waals surface area contributed by atoms with E-state index in [4.69, 9.17) is 0 Å². The molecule has 1 atom stereocenters. The van der Waals surface area contributed by atoms with Crippen LogP contribution in [0.2, 0.25) is 0 Å². The standard InChI is InChI=1S/C21H21N3O2/c1-23-19-9-5-3-7-17(19)16(12-21(23)26)13-22-20(25)14-24-11-10-15-6-2-4-8-18(15)24/h2-11,16H,12-14H2,1H3,(H,22,25)/t16-/m0/s1. The van der Waals surface area contributed by atoms with E-state index in [1.54, 1.807) is 11.9 Å². The molecule has 2 heterocycles. The van der Waals surface area contributed by atoms with Gasteiger partial charge in [0.15, 0.2) is 0 Å². The molecule has 0 unspecified atom stereocenters. The molecule has 3 aromatic rings. The minimum Gasteiger partial charge on any atom is -0.354 e. The molecule has 1 N–H and O–H groups in total. The number of hydrogen-bond acceptors (Lipinski definition) is 2. The summed E-state index contributed by atoms with van der Waals surface area (Å²) in [5.74, 6) is 0.0508. The van der Waals surface area contributed by atoms with Crippen molar-refractivity contribution in [3.63, 3.8) is 0 Å². The van der Waals surface area contributed by atoms with E-state index in [2.05, 4.69) is 5.32 Å². The summed E-state index contributed by atoms with van der Waals surface area (Å²) in [5.41, 5.74) is 3.09. The molecule has 2 aromatic carbocycles. The van der Waals surface area contributed by atoms with Crippen LogP contribution in [0.3, 0.4) is 0 Å². The largest absolute Gasteiger partial charge is 0.354 e. The molecule has 5 nitrogen and oxygen atoms in total. The number of rotatable bonds is 4. The summed E-state index contributed by atoms with van der Waals surface area (Å²) in [6.07, 6.45) is 2.35. The molecule has 4 rings (SSSR count). The molecule has 1 aliphatic rings. The number of amides is 2. The summed E-state index contributed by atoms with van der Waals surface area (Å²) >= 11 is 0. The molecule has 0 aliphatic carbocycles. The number of benzene rings is 2. The van der Waals surface area contributed by atoms with Crippen molar-refractivity contribution < 1.29 is 9.59 Å². The molecule has 0 saturated heterocycles. The minimum atomic E-state index is -0.0461. The molecule has 26 heavy (non-hydrogen) atoms. The van der Waals surface area contributed by atoms with E-state index in [1.165, 1.54) is 0 Å². The first-order valence-electron chi connectivity index (χ1n) is 8.79. The summed E-state index contributed by atoms with van der Waals surface area (Å²) in [7, 11) is 1.80. The Bertz CT molecular complexity index is 976. The highest BCUT2D eigenvalue weighted by molar-refractivity contribution is 5.96. The van der Waals surface area contributed by atoms with Crippen LogP contribution in [-0.2, 0) is 16.1 Å². The van der Waals surface area contributed by atoms with E-state index < -0.39 is 0 Å². The molecule has 5 heteroatoms. The Morgan fingerprint density at radius 1 is 1.12 bits per heavy atom. The third-order valence-electron chi connectivity index (χ3n) is 5.07. The van der Waals surface area contributed by atoms with E-state index in [1.807, 2.05) is 65.4 Å². The molecule has 0 fully saturated rings. The van der Waals surface area contributed by atoms with Crippen molar-refractivity contribution in [2.45, 2.75) is 18.9 Å². The molecule has 1 aliphatic heterocycles. The fourth-order valence-electron chi connectivity index (χ4n) is 3.64. The number of para-hydroxylation sites is 2. The Hall–Kier alpha value is -3.08. The first-order chi connectivity index (χ1) is 12.6. The normalized spacial score (nSPS) is 16.6. The van der Waals surface area contributed by atoms with Crippen LogP contribution in [-0.4, -0.2) is 30.0 Å². The van der Waals surface area contributed by atoms with E-state index in [0.717, 1.165) is 22.2 Å². The van der Waals surface area contributed by atoms with Crippen LogP contribution in [0.1, 0.15) is 17.9 Å². The monoisotopic (exact) mass is 347 g/mol. The van der Waals surface area contributed by atoms with Crippen molar-refractivity contribution in [3.05, 3.63) is 66.4 Å². The second-order valence-electron chi connectivity index (χ2n) is 6.72. The lowest BCUT2D eigenvalue weighted by molar-refractivity contribution is -0.122. The van der Waals surface area contributed by atoms with Gasteiger partial charge >= 0.3 is 0 Å². The van der Waals surface area contributed by atoms with E-state index in [-0.39, 0.29) is 24.3 Å². The maximum atomic E-state index is 12.4. The van der Waals surface area contributed by atoms with Crippen molar-refractivity contribution in [3.8, 4) is 0 Å². The Kier molecular flexibility index (Phi) is 4.21. The molecule has 0 spiro atoms. The van der Waals surface area contributed by atoms with Crippen molar-refractivity contribution in [1.82, 2.24) is 9.88 Å². The van der Waals surface area contributed by atoms with Crippen LogP contribution in [0.4, 0.5) is 5.69 Å². The number of fused-ring (bicyclic) bond motifs is 2. The maximum Gasteiger partial charge on any atom is 0.239 e. The van der Waals surface area contributed by atoms with Gasteiger partial charge in [-0.25, -0.2) is 0 Å². The number of aromatic nitrogens is 1. The van der Waals surface area contributed by atoms with Crippen molar-refractivity contribution in [2.75, 3.05) is 18.5 Å². The number of carbonyl (C=O) groups excluding carboxylic acids is 2. The third kappa shape index (κ3) is 2.96. The van der Waals surface area contributed by atoms with Gasteiger partial charge in [0.25, 0.3) is 0 Å². The Labute approximate surface area is 152 Å². The fourth-order valence-corrected chi connectivity index (χ4v) is 3.64. The van der Waals surface area contributed by atoms with Crippen LogP contribution < -0.4 is 10.2 Å². The van der Waals surface area contributed by atoms with Gasteiger partial charge in [-0.2, -0.15) is 0 Å². The van der Waals surface area contributed by atoms with Crippen LogP contribution in [0.5, 0.6) is 0 Å². The van der Waals surface area contributed by atoms with Gasteiger partial charge in [-0.15, -0.1) is 0 Å². The zero-order valence-electron chi connectivity index (χ0n) is 14.7. The summed E-state index contributed by atoms with van der Waals surface area (Å²) in [6.45, 7) is 0.740. The molecule has 0 saturated carbocycles. The summed E-state index contributed by atoms with van der Waals surface area (Å²) in [6, 6.07) is 17.9. The quantitative estimate of drug-likeness (QED) is 0.789. The van der Waals surface area contributed by atoms with E-state index in [9.17, 15) is 9.59 Å². The first kappa shape index (κ1) is 16.4. The first-order valence-corrected chi connectivity index (χ1v) is 8.79. The predicted octanol–water partition coefficient (Wildman–Crippen LogP) is 2.91. The van der Waals surface area contributed by atoms with Crippen molar-refractivity contribution in [1.29, 1.82) is 0 Å². The number of hydrogen-bond donors (Lipinski definition) is 1. The summed E-state index contributed by atoms with van der Waals surface area (Å²) in [4.78, 5) is 26.3. The lowest BCUT2D eigenvalue weighted by Crippen LogP contribution is -2.38. The van der Waals surface area contributed by atoms with Crippen LogP contribution in [0.25, 0.3) is 10.9 Å².